The van der Waals surface area contributed by atoms with Crippen LogP contribution in [0.15, 0.2) is 48.5 Å². The first-order valence-corrected chi connectivity index (χ1v) is 11.2. The molecule has 1 fully saturated rings. The van der Waals surface area contributed by atoms with Crippen LogP contribution < -0.4 is 4.74 Å². The standard InChI is InChI=1S/C27H25F5O/c1-2-16-3-5-18(6-4-16)19-7-9-20(10-8-19)21-13-24(30)27(25(31)14-21)33-15-17-11-22(28)26(32)23(29)12-17/h7-14,16,18H,2-6,15H2,1H3. The lowest BCUT2D eigenvalue weighted by molar-refractivity contribution is 0.272. The summed E-state index contributed by atoms with van der Waals surface area (Å²) in [6.07, 6.45) is 6.01. The van der Waals surface area contributed by atoms with Gasteiger partial charge < -0.3 is 4.74 Å². The van der Waals surface area contributed by atoms with Crippen molar-refractivity contribution in [1.82, 2.24) is 0 Å². The van der Waals surface area contributed by atoms with Gasteiger partial charge in [-0.15, -0.1) is 0 Å². The monoisotopic (exact) mass is 460 g/mol. The summed E-state index contributed by atoms with van der Waals surface area (Å²) in [7, 11) is 0. The SMILES string of the molecule is CCC1CCC(c2ccc(-c3cc(F)c(OCc4cc(F)c(F)c(F)c4)c(F)c3)cc2)CC1. The molecule has 3 aromatic carbocycles. The molecule has 0 aromatic heterocycles. The lowest BCUT2D eigenvalue weighted by atomic mass is 9.77. The Morgan fingerprint density at radius 3 is 1.85 bits per heavy atom. The molecule has 0 heterocycles. The maximum atomic E-state index is 14.6. The van der Waals surface area contributed by atoms with E-state index in [2.05, 4.69) is 6.92 Å². The van der Waals surface area contributed by atoms with E-state index in [1.165, 1.54) is 24.8 Å². The first kappa shape index (κ1) is 23.3. The van der Waals surface area contributed by atoms with Crippen molar-refractivity contribution in [2.45, 2.75) is 51.6 Å². The molecule has 0 aliphatic heterocycles. The fraction of sp³-hybridized carbons (Fsp3) is 0.333. The molecule has 0 N–H and O–H groups in total. The molecule has 0 atom stereocenters. The summed E-state index contributed by atoms with van der Waals surface area (Å²) in [5, 5.41) is 0. The van der Waals surface area contributed by atoms with E-state index in [0.29, 0.717) is 17.0 Å². The Bertz CT molecular complexity index is 1070. The van der Waals surface area contributed by atoms with Crippen molar-refractivity contribution < 1.29 is 26.7 Å². The van der Waals surface area contributed by atoms with Gasteiger partial charge in [0.05, 0.1) is 0 Å². The van der Waals surface area contributed by atoms with Gasteiger partial charge in [0, 0.05) is 0 Å². The maximum Gasteiger partial charge on any atom is 0.194 e. The summed E-state index contributed by atoms with van der Waals surface area (Å²) in [4.78, 5) is 0. The second kappa shape index (κ2) is 9.94. The predicted octanol–water partition coefficient (Wildman–Crippen LogP) is 8.31. The van der Waals surface area contributed by atoms with Crippen molar-refractivity contribution in [3.63, 3.8) is 0 Å². The van der Waals surface area contributed by atoms with E-state index in [1.54, 1.807) is 0 Å². The normalized spacial score (nSPS) is 18.4. The second-order valence-electron chi connectivity index (χ2n) is 8.68. The van der Waals surface area contributed by atoms with Gasteiger partial charge in [-0.25, -0.2) is 22.0 Å². The Balaban J connectivity index is 1.47. The van der Waals surface area contributed by atoms with Gasteiger partial charge in [0.1, 0.15) is 6.61 Å². The molecule has 3 aromatic rings. The largest absolute Gasteiger partial charge is 0.483 e. The van der Waals surface area contributed by atoms with Crippen LogP contribution >= 0.6 is 0 Å². The van der Waals surface area contributed by atoms with Crippen molar-refractivity contribution in [2.24, 2.45) is 5.92 Å². The zero-order valence-corrected chi connectivity index (χ0v) is 18.3. The highest BCUT2D eigenvalue weighted by Crippen LogP contribution is 2.38. The van der Waals surface area contributed by atoms with Gasteiger partial charge >= 0.3 is 0 Å². The zero-order chi connectivity index (χ0) is 23.5. The Hall–Kier alpha value is -2.89. The number of halogens is 5. The predicted molar refractivity (Wildman–Crippen MR) is 117 cm³/mol. The molecule has 0 bridgehead atoms. The smallest absolute Gasteiger partial charge is 0.194 e. The first-order chi connectivity index (χ1) is 15.9. The highest BCUT2D eigenvalue weighted by molar-refractivity contribution is 5.65. The molecular formula is C27H25F5O. The average Bonchev–Trinajstić information content (AvgIpc) is 2.82. The number of ether oxygens (including phenoxy) is 1. The third-order valence-electron chi connectivity index (χ3n) is 6.56. The van der Waals surface area contributed by atoms with E-state index in [0.717, 1.165) is 43.0 Å². The van der Waals surface area contributed by atoms with Crippen LogP contribution in [0.3, 0.4) is 0 Å². The van der Waals surface area contributed by atoms with E-state index in [4.69, 9.17) is 4.74 Å². The summed E-state index contributed by atoms with van der Waals surface area (Å²) in [5.74, 6) is -5.60. The zero-order valence-electron chi connectivity index (χ0n) is 18.3. The van der Waals surface area contributed by atoms with Gasteiger partial charge in [-0.2, -0.15) is 0 Å². The van der Waals surface area contributed by atoms with Gasteiger partial charge in [-0.3, -0.25) is 0 Å². The summed E-state index contributed by atoms with van der Waals surface area (Å²) in [5.41, 5.74) is 2.19. The fourth-order valence-electron chi connectivity index (χ4n) is 4.56. The first-order valence-electron chi connectivity index (χ1n) is 11.2. The van der Waals surface area contributed by atoms with Crippen LogP contribution in [0.2, 0.25) is 0 Å². The highest BCUT2D eigenvalue weighted by atomic mass is 19.2. The van der Waals surface area contributed by atoms with E-state index in [9.17, 15) is 22.0 Å². The van der Waals surface area contributed by atoms with Crippen LogP contribution in [0, 0.1) is 35.0 Å². The molecule has 0 unspecified atom stereocenters. The van der Waals surface area contributed by atoms with E-state index >= 15 is 0 Å². The van der Waals surface area contributed by atoms with Crippen molar-refractivity contribution in [3.8, 4) is 16.9 Å². The third-order valence-corrected chi connectivity index (χ3v) is 6.56. The molecule has 1 nitrogen and oxygen atoms in total. The molecule has 6 heteroatoms. The number of hydrogen-bond donors (Lipinski definition) is 0. The topological polar surface area (TPSA) is 9.23 Å². The van der Waals surface area contributed by atoms with Crippen LogP contribution in [0.5, 0.6) is 5.75 Å². The van der Waals surface area contributed by atoms with Crippen LogP contribution in [0.25, 0.3) is 11.1 Å². The minimum Gasteiger partial charge on any atom is -0.483 e. The molecule has 1 aliphatic rings. The summed E-state index contributed by atoms with van der Waals surface area (Å²) in [6.45, 7) is 1.72. The molecule has 33 heavy (non-hydrogen) atoms. The van der Waals surface area contributed by atoms with Gasteiger partial charge in [0.25, 0.3) is 0 Å². The fourth-order valence-corrected chi connectivity index (χ4v) is 4.56. The maximum absolute atomic E-state index is 14.6. The Morgan fingerprint density at radius 1 is 0.727 bits per heavy atom. The van der Waals surface area contributed by atoms with Gasteiger partial charge in [0.2, 0.25) is 0 Å². The summed E-state index contributed by atoms with van der Waals surface area (Å²) < 4.78 is 74.0. The van der Waals surface area contributed by atoms with Crippen LogP contribution in [-0.2, 0) is 6.61 Å². The van der Waals surface area contributed by atoms with E-state index < -0.39 is 41.4 Å². The molecular weight excluding hydrogens is 435 g/mol. The molecule has 0 amide bonds. The Labute approximate surface area is 190 Å². The minimum absolute atomic E-state index is 0.0853. The molecule has 174 valence electrons. The molecule has 0 radical (unpaired) electrons. The summed E-state index contributed by atoms with van der Waals surface area (Å²) in [6, 6.07) is 11.5. The molecule has 1 aliphatic carbocycles. The lowest BCUT2D eigenvalue weighted by Crippen LogP contribution is -2.12. The minimum atomic E-state index is -1.61. The van der Waals surface area contributed by atoms with Crippen molar-refractivity contribution in [3.05, 3.63) is 88.7 Å². The second-order valence-corrected chi connectivity index (χ2v) is 8.68. The van der Waals surface area contributed by atoms with Crippen LogP contribution in [-0.4, -0.2) is 0 Å². The van der Waals surface area contributed by atoms with E-state index in [-0.39, 0.29) is 5.56 Å². The lowest BCUT2D eigenvalue weighted by Gasteiger charge is -2.28. The quantitative estimate of drug-likeness (QED) is 0.265. The van der Waals surface area contributed by atoms with Crippen LogP contribution in [0.4, 0.5) is 22.0 Å². The Morgan fingerprint density at radius 2 is 1.30 bits per heavy atom. The van der Waals surface area contributed by atoms with Gasteiger partial charge in [-0.05, 0) is 84.0 Å². The molecule has 0 spiro atoms. The van der Waals surface area contributed by atoms with Crippen LogP contribution in [0.1, 0.15) is 56.1 Å². The van der Waals surface area contributed by atoms with Crippen molar-refractivity contribution in [1.29, 1.82) is 0 Å². The average molecular weight is 460 g/mol. The Kier molecular flexibility index (Phi) is 7.01. The summed E-state index contributed by atoms with van der Waals surface area (Å²) >= 11 is 0. The van der Waals surface area contributed by atoms with Crippen molar-refractivity contribution in [2.75, 3.05) is 0 Å². The van der Waals surface area contributed by atoms with Gasteiger partial charge in [0.15, 0.2) is 34.8 Å². The number of hydrogen-bond acceptors (Lipinski definition) is 1. The number of rotatable bonds is 6. The van der Waals surface area contributed by atoms with Gasteiger partial charge in [-0.1, -0.05) is 37.6 Å². The van der Waals surface area contributed by atoms with E-state index in [1.807, 2.05) is 24.3 Å². The highest BCUT2D eigenvalue weighted by Gasteiger charge is 2.21. The molecule has 1 saturated carbocycles. The van der Waals surface area contributed by atoms with Crippen molar-refractivity contribution >= 4 is 0 Å². The molecule has 0 saturated heterocycles. The third kappa shape index (κ3) is 5.21. The number of benzene rings is 3. The molecule has 4 rings (SSSR count).